The smallest absolute Gasteiger partial charge is 0.271 e. The Balaban J connectivity index is 1.70. The molecular weight excluding hydrogens is 442 g/mol. The number of methoxy groups -OCH3 is 1. The fraction of sp³-hybridized carbons (Fsp3) is 0.150. The molecule has 0 bridgehead atoms. The van der Waals surface area contributed by atoms with Crippen molar-refractivity contribution in [2.45, 2.75) is 11.3 Å². The van der Waals surface area contributed by atoms with E-state index in [2.05, 4.69) is 10.0 Å². The number of carbonyl (C=O) groups is 1. The van der Waals surface area contributed by atoms with Gasteiger partial charge in [-0.3, -0.25) is 19.6 Å². The van der Waals surface area contributed by atoms with E-state index in [1.54, 1.807) is 11.3 Å². The maximum Gasteiger partial charge on any atom is 0.271 e. The van der Waals surface area contributed by atoms with Crippen LogP contribution in [0.1, 0.15) is 15.2 Å². The first-order valence-corrected chi connectivity index (χ1v) is 11.4. The number of anilines is 1. The molecule has 162 valence electrons. The van der Waals surface area contributed by atoms with Crippen LogP contribution in [0.2, 0.25) is 0 Å². The van der Waals surface area contributed by atoms with Gasteiger partial charge in [0, 0.05) is 29.1 Å². The normalized spacial score (nSPS) is 11.0. The van der Waals surface area contributed by atoms with Crippen molar-refractivity contribution in [3.8, 4) is 5.75 Å². The zero-order valence-corrected chi connectivity index (χ0v) is 18.0. The molecule has 0 saturated carbocycles. The quantitative estimate of drug-likeness (QED) is 0.371. The number of nitro benzene ring substituents is 1. The Morgan fingerprint density at radius 1 is 1.16 bits per heavy atom. The van der Waals surface area contributed by atoms with E-state index in [0.717, 1.165) is 10.9 Å². The van der Waals surface area contributed by atoms with Gasteiger partial charge in [0.05, 0.1) is 22.6 Å². The van der Waals surface area contributed by atoms with Crippen LogP contribution in [-0.4, -0.2) is 32.9 Å². The van der Waals surface area contributed by atoms with E-state index >= 15 is 0 Å². The number of non-ortho nitro benzene ring substituents is 1. The van der Waals surface area contributed by atoms with E-state index in [9.17, 15) is 23.3 Å². The second kappa shape index (κ2) is 9.58. The van der Waals surface area contributed by atoms with Crippen LogP contribution in [0.5, 0.6) is 5.75 Å². The van der Waals surface area contributed by atoms with Crippen LogP contribution >= 0.6 is 11.3 Å². The summed E-state index contributed by atoms with van der Waals surface area (Å²) < 4.78 is 32.8. The Labute approximate surface area is 182 Å². The number of rotatable bonds is 9. The van der Waals surface area contributed by atoms with Gasteiger partial charge in [0.15, 0.2) is 0 Å². The largest absolute Gasteiger partial charge is 0.495 e. The van der Waals surface area contributed by atoms with Gasteiger partial charge in [-0.15, -0.1) is 11.3 Å². The molecule has 31 heavy (non-hydrogen) atoms. The van der Waals surface area contributed by atoms with E-state index < -0.39 is 14.9 Å². The number of sulfonamides is 1. The van der Waals surface area contributed by atoms with Crippen LogP contribution in [0.4, 0.5) is 11.4 Å². The summed E-state index contributed by atoms with van der Waals surface area (Å²) >= 11 is 1.61. The van der Waals surface area contributed by atoms with E-state index in [1.807, 2.05) is 17.5 Å². The second-order valence-electron chi connectivity index (χ2n) is 6.36. The monoisotopic (exact) mass is 461 g/mol. The van der Waals surface area contributed by atoms with Crippen LogP contribution < -0.4 is 14.8 Å². The molecule has 0 radical (unpaired) electrons. The predicted octanol–water partition coefficient (Wildman–Crippen LogP) is 3.44. The van der Waals surface area contributed by atoms with Crippen LogP contribution in [0.25, 0.3) is 0 Å². The van der Waals surface area contributed by atoms with Crippen molar-refractivity contribution >= 4 is 38.6 Å². The van der Waals surface area contributed by atoms with Gasteiger partial charge in [0.2, 0.25) is 0 Å². The summed E-state index contributed by atoms with van der Waals surface area (Å²) in [4.78, 5) is 23.7. The van der Waals surface area contributed by atoms with Crippen LogP contribution in [-0.2, 0) is 16.4 Å². The molecule has 11 heteroatoms. The average molecular weight is 462 g/mol. The number of nitrogens with one attached hydrogen (secondary N) is 2. The number of hydrogen-bond acceptors (Lipinski definition) is 7. The van der Waals surface area contributed by atoms with Crippen molar-refractivity contribution in [2.75, 3.05) is 18.4 Å². The number of benzene rings is 2. The number of amides is 1. The van der Waals surface area contributed by atoms with Gasteiger partial charge in [-0.2, -0.15) is 0 Å². The molecular formula is C20H19N3O6S2. The van der Waals surface area contributed by atoms with E-state index in [1.165, 1.54) is 43.5 Å². The Kier molecular flexibility index (Phi) is 6.88. The lowest BCUT2D eigenvalue weighted by Gasteiger charge is -2.12. The standard InChI is InChI=1S/C20H19N3O6S2/c1-29-19-9-6-15(23(25)26)13-18(19)22-31(27,28)17-7-4-14(5-8-17)20(24)21-11-10-16-3-2-12-30-16/h2-9,12-13,22H,10-11H2,1H3,(H,21,24). The minimum absolute atomic E-state index is 0.0629. The number of nitro groups is 1. The lowest BCUT2D eigenvalue weighted by atomic mass is 10.2. The number of nitrogens with zero attached hydrogens (tertiary/aromatic N) is 1. The minimum Gasteiger partial charge on any atom is -0.495 e. The third-order valence-electron chi connectivity index (χ3n) is 4.30. The van der Waals surface area contributed by atoms with E-state index in [-0.39, 0.29) is 27.9 Å². The summed E-state index contributed by atoms with van der Waals surface area (Å²) in [5.74, 6) is -0.176. The molecule has 2 aromatic carbocycles. The Morgan fingerprint density at radius 2 is 1.90 bits per heavy atom. The third-order valence-corrected chi connectivity index (χ3v) is 6.62. The molecule has 1 heterocycles. The highest BCUT2D eigenvalue weighted by Gasteiger charge is 2.19. The lowest BCUT2D eigenvalue weighted by Crippen LogP contribution is -2.25. The molecule has 2 N–H and O–H groups in total. The Hall–Kier alpha value is -3.44. The molecule has 0 atom stereocenters. The average Bonchev–Trinajstić information content (AvgIpc) is 3.27. The minimum atomic E-state index is -4.06. The molecule has 1 aromatic heterocycles. The molecule has 0 aliphatic heterocycles. The third kappa shape index (κ3) is 5.58. The summed E-state index contributed by atoms with van der Waals surface area (Å²) in [7, 11) is -2.74. The van der Waals surface area contributed by atoms with E-state index in [4.69, 9.17) is 4.74 Å². The van der Waals surface area contributed by atoms with Crippen molar-refractivity contribution in [3.05, 3.63) is 80.5 Å². The van der Waals surface area contributed by atoms with Gasteiger partial charge in [0.1, 0.15) is 5.75 Å². The topological polar surface area (TPSA) is 128 Å². The first-order chi connectivity index (χ1) is 14.8. The van der Waals surface area contributed by atoms with Gasteiger partial charge >= 0.3 is 0 Å². The van der Waals surface area contributed by atoms with Crippen molar-refractivity contribution in [2.24, 2.45) is 0 Å². The molecule has 0 fully saturated rings. The summed E-state index contributed by atoms with van der Waals surface area (Å²) in [5.41, 5.74) is -0.0294. The first-order valence-electron chi connectivity index (χ1n) is 9.06. The van der Waals surface area contributed by atoms with Gasteiger partial charge in [-0.25, -0.2) is 8.42 Å². The maximum atomic E-state index is 12.7. The summed E-state index contributed by atoms with van der Waals surface area (Å²) in [6.07, 6.45) is 0.713. The Bertz CT molecular complexity index is 1180. The lowest BCUT2D eigenvalue weighted by molar-refractivity contribution is -0.384. The van der Waals surface area contributed by atoms with Gasteiger partial charge in [-0.1, -0.05) is 6.07 Å². The highest BCUT2D eigenvalue weighted by Crippen LogP contribution is 2.30. The highest BCUT2D eigenvalue weighted by molar-refractivity contribution is 7.92. The van der Waals surface area contributed by atoms with Crippen LogP contribution in [0.15, 0.2) is 64.9 Å². The zero-order valence-electron chi connectivity index (χ0n) is 16.4. The van der Waals surface area contributed by atoms with Gasteiger partial charge in [0.25, 0.3) is 21.6 Å². The fourth-order valence-corrected chi connectivity index (χ4v) is 4.50. The molecule has 3 rings (SSSR count). The molecule has 0 spiro atoms. The SMILES string of the molecule is COc1ccc([N+](=O)[O-])cc1NS(=O)(=O)c1ccc(C(=O)NCCc2cccs2)cc1. The summed E-state index contributed by atoms with van der Waals surface area (Å²) in [6.45, 7) is 0.466. The predicted molar refractivity (Wildman–Crippen MR) is 117 cm³/mol. The maximum absolute atomic E-state index is 12.7. The van der Waals surface area contributed by atoms with Crippen molar-refractivity contribution in [1.82, 2.24) is 5.32 Å². The van der Waals surface area contributed by atoms with Crippen LogP contribution in [0.3, 0.4) is 0 Å². The van der Waals surface area contributed by atoms with Gasteiger partial charge in [-0.05, 0) is 48.2 Å². The summed E-state index contributed by atoms with van der Waals surface area (Å²) in [6, 6.07) is 12.9. The van der Waals surface area contributed by atoms with Crippen LogP contribution in [0, 0.1) is 10.1 Å². The molecule has 3 aromatic rings. The van der Waals surface area contributed by atoms with Gasteiger partial charge < -0.3 is 10.1 Å². The molecule has 1 amide bonds. The Morgan fingerprint density at radius 3 is 2.52 bits per heavy atom. The number of carbonyl (C=O) groups excluding carboxylic acids is 1. The number of ether oxygens (including phenoxy) is 1. The van der Waals surface area contributed by atoms with Crippen molar-refractivity contribution in [3.63, 3.8) is 0 Å². The fourth-order valence-electron chi connectivity index (χ4n) is 2.73. The van der Waals surface area contributed by atoms with Crippen molar-refractivity contribution in [1.29, 1.82) is 0 Å². The molecule has 0 saturated heterocycles. The molecule has 0 aliphatic carbocycles. The number of hydrogen-bond donors (Lipinski definition) is 2. The molecule has 0 unspecified atom stereocenters. The highest BCUT2D eigenvalue weighted by atomic mass is 32.2. The second-order valence-corrected chi connectivity index (χ2v) is 9.07. The number of thiophene rings is 1. The molecule has 0 aliphatic rings. The molecule has 9 nitrogen and oxygen atoms in total. The first kappa shape index (κ1) is 22.2. The van der Waals surface area contributed by atoms with E-state index in [0.29, 0.717) is 18.5 Å². The zero-order chi connectivity index (χ0) is 22.4. The summed E-state index contributed by atoms with van der Waals surface area (Å²) in [5, 5.41) is 15.7. The van der Waals surface area contributed by atoms with Crippen molar-refractivity contribution < 1.29 is 22.9 Å².